The number of rotatable bonds is 7. The molecule has 3 N–H and O–H groups in total. The van der Waals surface area contributed by atoms with Crippen LogP contribution in [0.1, 0.15) is 41.7 Å². The minimum Gasteiger partial charge on any atom is -0.386 e. The summed E-state index contributed by atoms with van der Waals surface area (Å²) in [5.41, 5.74) is 7.35. The van der Waals surface area contributed by atoms with Gasteiger partial charge in [0.1, 0.15) is 0 Å². The molecule has 2 aromatic carbocycles. The molecule has 0 aliphatic heterocycles. The summed E-state index contributed by atoms with van der Waals surface area (Å²) in [4.78, 5) is 7.45. The fourth-order valence-electron chi connectivity index (χ4n) is 4.03. The van der Waals surface area contributed by atoms with Crippen LogP contribution in [-0.2, 0) is 18.4 Å². The Morgan fingerprint density at radius 1 is 1.03 bits per heavy atom. The van der Waals surface area contributed by atoms with Crippen LogP contribution in [0.5, 0.6) is 0 Å². The van der Waals surface area contributed by atoms with Gasteiger partial charge in [-0.2, -0.15) is 0 Å². The van der Waals surface area contributed by atoms with E-state index >= 15 is 0 Å². The van der Waals surface area contributed by atoms with Crippen LogP contribution < -0.4 is 5.32 Å². The molecule has 0 radical (unpaired) electrons. The smallest absolute Gasteiger partial charge is 0.0860 e. The molecule has 2 aromatic heterocycles. The van der Waals surface area contributed by atoms with Gasteiger partial charge in [0.05, 0.1) is 11.1 Å². The summed E-state index contributed by atoms with van der Waals surface area (Å²) in [6.45, 7) is 6.65. The van der Waals surface area contributed by atoms with E-state index in [0.29, 0.717) is 0 Å². The molecule has 30 heavy (non-hydrogen) atoms. The Morgan fingerprint density at radius 2 is 1.83 bits per heavy atom. The maximum Gasteiger partial charge on any atom is 0.0860 e. The number of H-pyrrole nitrogens is 1. The number of para-hydroxylation sites is 1. The number of anilines is 1. The van der Waals surface area contributed by atoms with Gasteiger partial charge in [-0.25, -0.2) is 0 Å². The van der Waals surface area contributed by atoms with Crippen LogP contribution in [0, 0.1) is 6.92 Å². The van der Waals surface area contributed by atoms with Gasteiger partial charge < -0.3 is 15.4 Å². The first-order valence-electron chi connectivity index (χ1n) is 10.5. The van der Waals surface area contributed by atoms with E-state index in [-0.39, 0.29) is 0 Å². The number of hydrogen-bond donors (Lipinski definition) is 3. The monoisotopic (exact) mass is 399 g/mol. The molecule has 0 atom stereocenters. The maximum atomic E-state index is 10.4. The third-order valence-corrected chi connectivity index (χ3v) is 5.62. The third kappa shape index (κ3) is 4.39. The Hall–Kier alpha value is -3.11. The van der Waals surface area contributed by atoms with Gasteiger partial charge in [0.15, 0.2) is 0 Å². The summed E-state index contributed by atoms with van der Waals surface area (Å²) in [6, 6.07) is 16.9. The summed E-state index contributed by atoms with van der Waals surface area (Å²) in [5.74, 6) is 0. The van der Waals surface area contributed by atoms with Gasteiger partial charge in [-0.05, 0) is 74.1 Å². The van der Waals surface area contributed by atoms with E-state index in [1.54, 1.807) is 0 Å². The molecule has 0 unspecified atom stereocenters. The first kappa shape index (κ1) is 20.2. The van der Waals surface area contributed by atoms with Crippen molar-refractivity contribution < 1.29 is 5.11 Å². The molecular weight excluding hydrogens is 370 g/mol. The molecule has 4 rings (SSSR count). The van der Waals surface area contributed by atoms with Crippen LogP contribution >= 0.6 is 0 Å². The number of pyridine rings is 1. The predicted molar refractivity (Wildman–Crippen MR) is 124 cm³/mol. The highest BCUT2D eigenvalue weighted by Gasteiger charge is 2.20. The van der Waals surface area contributed by atoms with Crippen molar-refractivity contribution in [3.63, 3.8) is 0 Å². The molecule has 154 valence electrons. The number of aromatic nitrogens is 2. The van der Waals surface area contributed by atoms with Crippen LogP contribution in [0.3, 0.4) is 0 Å². The van der Waals surface area contributed by atoms with E-state index < -0.39 is 5.60 Å². The van der Waals surface area contributed by atoms with Crippen molar-refractivity contribution >= 4 is 16.6 Å². The zero-order valence-corrected chi connectivity index (χ0v) is 17.9. The lowest BCUT2D eigenvalue weighted by molar-refractivity contribution is 0.0800. The van der Waals surface area contributed by atoms with Crippen molar-refractivity contribution in [1.82, 2.24) is 9.97 Å². The number of nitrogens with one attached hydrogen (secondary N) is 2. The topological polar surface area (TPSA) is 60.9 Å². The number of fused-ring (bicyclic) bond motifs is 1. The van der Waals surface area contributed by atoms with Gasteiger partial charge in [-0.3, -0.25) is 4.98 Å². The lowest BCUT2D eigenvalue weighted by Crippen LogP contribution is -2.15. The Labute approximate surface area is 178 Å². The van der Waals surface area contributed by atoms with Crippen molar-refractivity contribution in [3.8, 4) is 0 Å². The van der Waals surface area contributed by atoms with Gasteiger partial charge in [0.2, 0.25) is 0 Å². The standard InChI is InChI=1S/C26H29N3O/c1-18-15-20(16-19-9-12-27-13-10-19)7-8-24(18)28-14-11-21-17-29-25-22(21)5-4-6-23(25)26(2,3)30/h4-10,12-13,15,17,28-30H,11,14,16H2,1-3H3. The zero-order valence-electron chi connectivity index (χ0n) is 17.9. The summed E-state index contributed by atoms with van der Waals surface area (Å²) in [5, 5.41) is 15.2. The summed E-state index contributed by atoms with van der Waals surface area (Å²) < 4.78 is 0. The number of aliphatic hydroxyl groups is 1. The van der Waals surface area contributed by atoms with E-state index in [2.05, 4.69) is 64.8 Å². The van der Waals surface area contributed by atoms with Gasteiger partial charge in [-0.1, -0.05) is 30.3 Å². The normalized spacial score (nSPS) is 11.7. The van der Waals surface area contributed by atoms with Crippen molar-refractivity contribution in [3.05, 3.63) is 94.9 Å². The van der Waals surface area contributed by atoms with Crippen LogP contribution in [0.25, 0.3) is 10.9 Å². The fourth-order valence-corrected chi connectivity index (χ4v) is 4.03. The van der Waals surface area contributed by atoms with Crippen LogP contribution in [-0.4, -0.2) is 21.6 Å². The second-order valence-corrected chi connectivity index (χ2v) is 8.46. The lowest BCUT2D eigenvalue weighted by atomic mass is 9.95. The highest BCUT2D eigenvalue weighted by Crippen LogP contribution is 2.29. The van der Waals surface area contributed by atoms with Gasteiger partial charge in [0, 0.05) is 41.8 Å². The summed E-state index contributed by atoms with van der Waals surface area (Å²) >= 11 is 0. The van der Waals surface area contributed by atoms with E-state index in [4.69, 9.17) is 0 Å². The number of hydrogen-bond acceptors (Lipinski definition) is 3. The van der Waals surface area contributed by atoms with Crippen molar-refractivity contribution in [1.29, 1.82) is 0 Å². The quantitative estimate of drug-likeness (QED) is 0.393. The Morgan fingerprint density at radius 3 is 2.57 bits per heavy atom. The Balaban J connectivity index is 1.42. The molecule has 4 aromatic rings. The Kier molecular flexibility index (Phi) is 5.60. The molecule has 0 aliphatic carbocycles. The van der Waals surface area contributed by atoms with E-state index in [0.717, 1.165) is 30.5 Å². The van der Waals surface area contributed by atoms with Crippen molar-refractivity contribution in [2.45, 2.75) is 39.2 Å². The SMILES string of the molecule is Cc1cc(Cc2ccncc2)ccc1NCCc1c[nH]c2c(C(C)(C)O)cccc12. The maximum absolute atomic E-state index is 10.4. The number of benzene rings is 2. The van der Waals surface area contributed by atoms with Crippen LogP contribution in [0.15, 0.2) is 67.1 Å². The first-order chi connectivity index (χ1) is 14.4. The first-order valence-corrected chi connectivity index (χ1v) is 10.5. The van der Waals surface area contributed by atoms with E-state index in [9.17, 15) is 5.11 Å². The highest BCUT2D eigenvalue weighted by molar-refractivity contribution is 5.86. The van der Waals surface area contributed by atoms with Gasteiger partial charge >= 0.3 is 0 Å². The molecular formula is C26H29N3O. The van der Waals surface area contributed by atoms with Crippen LogP contribution in [0.2, 0.25) is 0 Å². The summed E-state index contributed by atoms with van der Waals surface area (Å²) in [7, 11) is 0. The number of nitrogens with zero attached hydrogens (tertiary/aromatic N) is 1. The van der Waals surface area contributed by atoms with Crippen LogP contribution in [0.4, 0.5) is 5.69 Å². The number of aryl methyl sites for hydroxylation is 1. The molecule has 0 fully saturated rings. The van der Waals surface area contributed by atoms with Crippen molar-refractivity contribution in [2.75, 3.05) is 11.9 Å². The fraction of sp³-hybridized carbons (Fsp3) is 0.269. The molecule has 0 saturated carbocycles. The average Bonchev–Trinajstić information content (AvgIpc) is 3.13. The highest BCUT2D eigenvalue weighted by atomic mass is 16.3. The minimum atomic E-state index is -0.866. The molecule has 0 bridgehead atoms. The van der Waals surface area contributed by atoms with E-state index in [1.807, 2.05) is 38.4 Å². The lowest BCUT2D eigenvalue weighted by Gasteiger charge is -2.18. The minimum absolute atomic E-state index is 0.851. The van der Waals surface area contributed by atoms with Crippen molar-refractivity contribution in [2.24, 2.45) is 0 Å². The van der Waals surface area contributed by atoms with Gasteiger partial charge in [-0.15, -0.1) is 0 Å². The van der Waals surface area contributed by atoms with E-state index in [1.165, 1.54) is 33.3 Å². The second kappa shape index (κ2) is 8.33. The zero-order chi connectivity index (χ0) is 21.1. The molecule has 0 saturated heterocycles. The average molecular weight is 400 g/mol. The second-order valence-electron chi connectivity index (χ2n) is 8.46. The molecule has 0 spiro atoms. The van der Waals surface area contributed by atoms with Gasteiger partial charge in [0.25, 0.3) is 0 Å². The molecule has 4 nitrogen and oxygen atoms in total. The molecule has 4 heteroatoms. The number of aromatic amines is 1. The third-order valence-electron chi connectivity index (χ3n) is 5.62. The predicted octanol–water partition coefficient (Wildman–Crippen LogP) is 5.34. The summed E-state index contributed by atoms with van der Waals surface area (Å²) in [6.07, 6.45) is 7.57. The Bertz CT molecular complexity index is 1140. The molecule has 2 heterocycles. The largest absolute Gasteiger partial charge is 0.386 e. The molecule has 0 amide bonds. The molecule has 0 aliphatic rings.